The van der Waals surface area contributed by atoms with Crippen molar-refractivity contribution in [3.63, 3.8) is 0 Å². The van der Waals surface area contributed by atoms with E-state index >= 15 is 0 Å². The van der Waals surface area contributed by atoms with Gasteiger partial charge in [0, 0.05) is 16.3 Å². The quantitative estimate of drug-likeness (QED) is 0.573. The van der Waals surface area contributed by atoms with Crippen LogP contribution in [0.25, 0.3) is 22.3 Å². The van der Waals surface area contributed by atoms with Crippen molar-refractivity contribution in [1.82, 2.24) is 0 Å². The highest BCUT2D eigenvalue weighted by Gasteiger charge is 2.05. The van der Waals surface area contributed by atoms with Gasteiger partial charge in [-0.25, -0.2) is 0 Å². The molecule has 0 heterocycles. The van der Waals surface area contributed by atoms with Crippen LogP contribution in [0.5, 0.6) is 0 Å². The molecule has 3 aromatic carbocycles. The van der Waals surface area contributed by atoms with Crippen LogP contribution in [-0.2, 0) is 0 Å². The maximum atomic E-state index is 3.15. The number of anilines is 1. The Morgan fingerprint density at radius 2 is 1.38 bits per heavy atom. The normalized spacial score (nSPS) is 10.4. The summed E-state index contributed by atoms with van der Waals surface area (Å²) in [6.45, 7) is 0. The van der Waals surface area contributed by atoms with Crippen molar-refractivity contribution in [3.8, 4) is 22.3 Å². The van der Waals surface area contributed by atoms with E-state index in [1.165, 1.54) is 25.8 Å². The minimum absolute atomic E-state index is 1.13. The van der Waals surface area contributed by atoms with Crippen LogP contribution in [0, 0.1) is 3.57 Å². The monoisotopic (exact) mass is 385 g/mol. The van der Waals surface area contributed by atoms with Gasteiger partial charge in [0.2, 0.25) is 0 Å². The van der Waals surface area contributed by atoms with Gasteiger partial charge in [0.25, 0.3) is 0 Å². The maximum absolute atomic E-state index is 3.15. The van der Waals surface area contributed by atoms with Gasteiger partial charge in [-0.2, -0.15) is 0 Å². The molecule has 3 rings (SSSR count). The molecule has 2 heteroatoms. The summed E-state index contributed by atoms with van der Waals surface area (Å²) in [5, 5.41) is 3.15. The van der Waals surface area contributed by atoms with Crippen LogP contribution >= 0.6 is 22.6 Å². The van der Waals surface area contributed by atoms with Crippen molar-refractivity contribution >= 4 is 28.3 Å². The second-order valence-corrected chi connectivity index (χ2v) is 6.05. The van der Waals surface area contributed by atoms with Crippen LogP contribution < -0.4 is 5.32 Å². The smallest absolute Gasteiger partial charge is 0.0337 e. The Bertz CT molecular complexity index is 733. The highest BCUT2D eigenvalue weighted by Crippen LogP contribution is 2.30. The maximum Gasteiger partial charge on any atom is 0.0337 e. The predicted molar refractivity (Wildman–Crippen MR) is 99.6 cm³/mol. The lowest BCUT2D eigenvalue weighted by Gasteiger charge is -2.09. The van der Waals surface area contributed by atoms with Crippen LogP contribution in [0.15, 0.2) is 72.8 Å². The third-order valence-corrected chi connectivity index (χ3v) is 4.50. The van der Waals surface area contributed by atoms with E-state index in [0.29, 0.717) is 0 Å². The van der Waals surface area contributed by atoms with Crippen LogP contribution in [0.1, 0.15) is 0 Å². The van der Waals surface area contributed by atoms with Gasteiger partial charge < -0.3 is 5.32 Å². The van der Waals surface area contributed by atoms with E-state index in [0.717, 1.165) is 5.69 Å². The molecule has 1 nitrogen and oxygen atoms in total. The van der Waals surface area contributed by atoms with Crippen LogP contribution in [0.4, 0.5) is 5.69 Å². The zero-order valence-corrected chi connectivity index (χ0v) is 14.0. The van der Waals surface area contributed by atoms with Crippen LogP contribution in [0.3, 0.4) is 0 Å². The SMILES string of the molecule is CNc1ccc(-c2ccc(I)c(-c3ccccc3)c2)cc1. The van der Waals surface area contributed by atoms with E-state index in [1.54, 1.807) is 0 Å². The first-order valence-corrected chi connectivity index (χ1v) is 7.99. The zero-order valence-electron chi connectivity index (χ0n) is 11.8. The molecule has 0 radical (unpaired) electrons. The molecule has 0 bridgehead atoms. The molecule has 0 aliphatic heterocycles. The molecule has 0 spiro atoms. The Labute approximate surface area is 139 Å². The van der Waals surface area contributed by atoms with Crippen molar-refractivity contribution in [3.05, 3.63) is 76.4 Å². The summed E-state index contributed by atoms with van der Waals surface area (Å²) in [6.07, 6.45) is 0. The van der Waals surface area contributed by atoms with Gasteiger partial charge in [-0.3, -0.25) is 0 Å². The van der Waals surface area contributed by atoms with Crippen LogP contribution in [0.2, 0.25) is 0 Å². The average Bonchev–Trinajstić information content (AvgIpc) is 2.56. The van der Waals surface area contributed by atoms with Gasteiger partial charge >= 0.3 is 0 Å². The predicted octanol–water partition coefficient (Wildman–Crippen LogP) is 5.67. The second-order valence-electron chi connectivity index (χ2n) is 4.89. The summed E-state index contributed by atoms with van der Waals surface area (Å²) < 4.78 is 1.27. The third-order valence-electron chi connectivity index (χ3n) is 3.56. The van der Waals surface area contributed by atoms with Gasteiger partial charge in [-0.05, 0) is 69.1 Å². The molecular weight excluding hydrogens is 369 g/mol. The van der Waals surface area contributed by atoms with Crippen molar-refractivity contribution in [2.45, 2.75) is 0 Å². The minimum atomic E-state index is 1.13. The van der Waals surface area contributed by atoms with Gasteiger partial charge in [0.05, 0.1) is 0 Å². The van der Waals surface area contributed by atoms with Gasteiger partial charge in [0.15, 0.2) is 0 Å². The molecule has 3 aromatic rings. The van der Waals surface area contributed by atoms with Crippen molar-refractivity contribution in [2.75, 3.05) is 12.4 Å². The highest BCUT2D eigenvalue weighted by molar-refractivity contribution is 14.1. The lowest BCUT2D eigenvalue weighted by atomic mass is 9.99. The summed E-state index contributed by atoms with van der Waals surface area (Å²) in [5.74, 6) is 0. The number of nitrogens with one attached hydrogen (secondary N) is 1. The average molecular weight is 385 g/mol. The van der Waals surface area contributed by atoms with E-state index in [2.05, 4.69) is 101 Å². The summed E-state index contributed by atoms with van der Waals surface area (Å²) >= 11 is 2.40. The Morgan fingerprint density at radius 3 is 2.05 bits per heavy atom. The molecule has 0 saturated heterocycles. The van der Waals surface area contributed by atoms with E-state index in [9.17, 15) is 0 Å². The van der Waals surface area contributed by atoms with E-state index in [1.807, 2.05) is 7.05 Å². The molecule has 0 atom stereocenters. The number of benzene rings is 3. The number of halogens is 1. The minimum Gasteiger partial charge on any atom is -0.388 e. The molecule has 1 N–H and O–H groups in total. The van der Waals surface area contributed by atoms with E-state index in [-0.39, 0.29) is 0 Å². The zero-order chi connectivity index (χ0) is 14.7. The lowest BCUT2D eigenvalue weighted by Crippen LogP contribution is -1.88. The molecule has 0 unspecified atom stereocenters. The van der Waals surface area contributed by atoms with Gasteiger partial charge in [-0.15, -0.1) is 0 Å². The Balaban J connectivity index is 2.04. The van der Waals surface area contributed by atoms with Gasteiger partial charge in [-0.1, -0.05) is 48.5 Å². The number of hydrogen-bond acceptors (Lipinski definition) is 1. The Morgan fingerprint density at radius 1 is 0.714 bits per heavy atom. The first-order valence-electron chi connectivity index (χ1n) is 6.91. The fourth-order valence-electron chi connectivity index (χ4n) is 2.37. The summed E-state index contributed by atoms with van der Waals surface area (Å²) in [5.41, 5.74) is 6.16. The molecular formula is C19H16IN. The fraction of sp³-hybridized carbons (Fsp3) is 0.0526. The van der Waals surface area contributed by atoms with Crippen LogP contribution in [-0.4, -0.2) is 7.05 Å². The largest absolute Gasteiger partial charge is 0.388 e. The highest BCUT2D eigenvalue weighted by atomic mass is 127. The number of hydrogen-bond donors (Lipinski definition) is 1. The Kier molecular flexibility index (Phi) is 4.25. The summed E-state index contributed by atoms with van der Waals surface area (Å²) in [7, 11) is 1.94. The fourth-order valence-corrected chi connectivity index (χ4v) is 3.02. The van der Waals surface area contributed by atoms with E-state index < -0.39 is 0 Å². The molecule has 104 valence electrons. The molecule has 0 aliphatic rings. The molecule has 0 aromatic heterocycles. The first-order chi connectivity index (χ1) is 10.3. The molecule has 0 aliphatic carbocycles. The van der Waals surface area contributed by atoms with E-state index in [4.69, 9.17) is 0 Å². The summed E-state index contributed by atoms with van der Waals surface area (Å²) in [4.78, 5) is 0. The second kappa shape index (κ2) is 6.31. The third kappa shape index (κ3) is 3.10. The molecule has 0 fully saturated rings. The molecule has 0 amide bonds. The number of rotatable bonds is 3. The Hall–Kier alpha value is -1.81. The molecule has 21 heavy (non-hydrogen) atoms. The van der Waals surface area contributed by atoms with Crippen molar-refractivity contribution < 1.29 is 0 Å². The van der Waals surface area contributed by atoms with Crippen molar-refractivity contribution in [1.29, 1.82) is 0 Å². The van der Waals surface area contributed by atoms with Crippen molar-refractivity contribution in [2.24, 2.45) is 0 Å². The molecule has 0 saturated carbocycles. The van der Waals surface area contributed by atoms with Gasteiger partial charge in [0.1, 0.15) is 0 Å². The first kappa shape index (κ1) is 14.1. The topological polar surface area (TPSA) is 12.0 Å². The summed E-state index contributed by atoms with van der Waals surface area (Å²) in [6, 6.07) is 25.7. The standard InChI is InChI=1S/C19H16IN/c1-21-17-10-7-14(8-11-17)16-9-12-19(20)18(13-16)15-5-3-2-4-6-15/h2-13,21H,1H3. The lowest BCUT2D eigenvalue weighted by molar-refractivity contribution is 1.50.